The van der Waals surface area contributed by atoms with E-state index in [0.717, 1.165) is 5.56 Å². The smallest absolute Gasteiger partial charge is 0.242 e. The largest absolute Gasteiger partial charge is 0.508 e. The summed E-state index contributed by atoms with van der Waals surface area (Å²) in [4.78, 5) is 38.7. The van der Waals surface area contributed by atoms with Crippen LogP contribution in [0.25, 0.3) is 0 Å². The third-order valence-electron chi connectivity index (χ3n) is 3.67. The summed E-state index contributed by atoms with van der Waals surface area (Å²) in [7, 11) is 0. The lowest BCUT2D eigenvalue weighted by molar-refractivity contribution is -0.130. The quantitative estimate of drug-likeness (QED) is 0.112. The minimum absolute atomic E-state index is 0.0584. The van der Waals surface area contributed by atoms with Gasteiger partial charge in [-0.1, -0.05) is 12.1 Å². The first kappa shape index (κ1) is 21.9. The second kappa shape index (κ2) is 11.5. The number of benzene rings is 1. The number of guanidine groups is 1. The van der Waals surface area contributed by atoms with E-state index < -0.39 is 23.9 Å². The maximum Gasteiger partial charge on any atom is 0.242 e. The molecule has 2 atom stereocenters. The molecule has 0 aliphatic rings. The molecule has 0 radical (unpaired) electrons. The number of nitrogens with one attached hydrogen (secondary N) is 2. The van der Waals surface area contributed by atoms with Gasteiger partial charge in [0.1, 0.15) is 18.1 Å². The van der Waals surface area contributed by atoms with Crippen LogP contribution >= 0.6 is 0 Å². The Hall–Kier alpha value is -3.14. The van der Waals surface area contributed by atoms with Gasteiger partial charge in [-0.3, -0.25) is 14.6 Å². The minimum Gasteiger partial charge on any atom is -0.508 e. The van der Waals surface area contributed by atoms with E-state index in [4.69, 9.17) is 17.2 Å². The summed E-state index contributed by atoms with van der Waals surface area (Å²) in [6.07, 6.45) is 1.51. The van der Waals surface area contributed by atoms with Gasteiger partial charge in [-0.25, -0.2) is 0 Å². The third kappa shape index (κ3) is 8.68. The number of aromatic hydroxyl groups is 1. The third-order valence-corrected chi connectivity index (χ3v) is 3.67. The molecule has 148 valence electrons. The maximum atomic E-state index is 12.3. The van der Waals surface area contributed by atoms with Crippen molar-refractivity contribution in [3.63, 3.8) is 0 Å². The first-order valence-corrected chi connectivity index (χ1v) is 8.44. The molecule has 1 rings (SSSR count). The van der Waals surface area contributed by atoms with E-state index in [1.165, 1.54) is 12.1 Å². The van der Waals surface area contributed by atoms with E-state index in [1.807, 2.05) is 0 Å². The van der Waals surface area contributed by atoms with Crippen molar-refractivity contribution in [1.29, 1.82) is 0 Å². The Kier molecular flexibility index (Phi) is 9.30. The zero-order valence-corrected chi connectivity index (χ0v) is 14.9. The molecule has 0 aliphatic carbocycles. The number of nitrogens with two attached hydrogens (primary N) is 3. The zero-order chi connectivity index (χ0) is 20.2. The van der Waals surface area contributed by atoms with Gasteiger partial charge in [0, 0.05) is 6.54 Å². The van der Waals surface area contributed by atoms with Gasteiger partial charge in [0.05, 0.1) is 12.6 Å². The Morgan fingerprint density at radius 2 is 1.85 bits per heavy atom. The predicted octanol–water partition coefficient (Wildman–Crippen LogP) is -1.88. The number of phenols is 1. The summed E-state index contributed by atoms with van der Waals surface area (Å²) in [5.41, 5.74) is 17.2. The fourth-order valence-electron chi connectivity index (χ4n) is 2.30. The molecule has 1 aromatic rings. The van der Waals surface area contributed by atoms with Gasteiger partial charge in [-0.15, -0.1) is 0 Å². The van der Waals surface area contributed by atoms with Crippen LogP contribution in [0, 0.1) is 0 Å². The number of aldehydes is 1. The van der Waals surface area contributed by atoms with Crippen molar-refractivity contribution in [2.24, 2.45) is 22.2 Å². The number of carbonyl (C=O) groups excluding carboxylic acids is 3. The molecule has 0 saturated heterocycles. The van der Waals surface area contributed by atoms with Crippen molar-refractivity contribution in [3.8, 4) is 5.75 Å². The van der Waals surface area contributed by atoms with Gasteiger partial charge in [0.2, 0.25) is 11.8 Å². The van der Waals surface area contributed by atoms with E-state index in [1.54, 1.807) is 12.1 Å². The fraction of sp³-hybridized carbons (Fsp3) is 0.412. The maximum absolute atomic E-state index is 12.3. The van der Waals surface area contributed by atoms with E-state index in [9.17, 15) is 19.5 Å². The fourth-order valence-corrected chi connectivity index (χ4v) is 2.30. The van der Waals surface area contributed by atoms with Crippen molar-refractivity contribution in [1.82, 2.24) is 10.6 Å². The highest BCUT2D eigenvalue weighted by atomic mass is 16.3. The highest BCUT2D eigenvalue weighted by molar-refractivity contribution is 5.90. The molecule has 2 amide bonds. The monoisotopic (exact) mass is 378 g/mol. The van der Waals surface area contributed by atoms with Gasteiger partial charge in [0.25, 0.3) is 0 Å². The average molecular weight is 378 g/mol. The Morgan fingerprint density at radius 3 is 2.44 bits per heavy atom. The molecule has 2 unspecified atom stereocenters. The predicted molar refractivity (Wildman–Crippen MR) is 101 cm³/mol. The Bertz CT molecular complexity index is 658. The molecule has 10 heteroatoms. The molecule has 0 spiro atoms. The van der Waals surface area contributed by atoms with E-state index in [-0.39, 0.29) is 31.1 Å². The van der Waals surface area contributed by atoms with Crippen LogP contribution in [0.4, 0.5) is 0 Å². The van der Waals surface area contributed by atoms with Crippen LogP contribution in [0.2, 0.25) is 0 Å². The van der Waals surface area contributed by atoms with Crippen LogP contribution in [0.3, 0.4) is 0 Å². The number of carbonyl (C=O) groups is 3. The number of nitrogens with zero attached hydrogens (tertiary/aromatic N) is 1. The molecule has 0 bridgehead atoms. The number of aliphatic imine (C=N–C) groups is 1. The molecular formula is C17H26N6O4. The first-order valence-electron chi connectivity index (χ1n) is 8.44. The summed E-state index contributed by atoms with van der Waals surface area (Å²) in [6.45, 7) is 0.147. The van der Waals surface area contributed by atoms with Gasteiger partial charge in [-0.2, -0.15) is 0 Å². The van der Waals surface area contributed by atoms with Crippen molar-refractivity contribution in [2.45, 2.75) is 31.3 Å². The van der Waals surface area contributed by atoms with Gasteiger partial charge < -0.3 is 37.7 Å². The van der Waals surface area contributed by atoms with Gasteiger partial charge in [-0.05, 0) is 37.0 Å². The Balaban J connectivity index is 2.65. The molecule has 1 aromatic carbocycles. The van der Waals surface area contributed by atoms with Gasteiger partial charge >= 0.3 is 0 Å². The van der Waals surface area contributed by atoms with Crippen molar-refractivity contribution >= 4 is 24.1 Å². The summed E-state index contributed by atoms with van der Waals surface area (Å²) >= 11 is 0. The lowest BCUT2D eigenvalue weighted by atomic mass is 10.0. The van der Waals surface area contributed by atoms with Crippen molar-refractivity contribution in [3.05, 3.63) is 29.8 Å². The second-order valence-electron chi connectivity index (χ2n) is 5.90. The van der Waals surface area contributed by atoms with Crippen LogP contribution in [-0.4, -0.2) is 54.3 Å². The molecule has 0 fully saturated rings. The van der Waals surface area contributed by atoms with Crippen LogP contribution in [-0.2, 0) is 20.8 Å². The SMILES string of the molecule is NC(N)=NCCCC(NC(=O)C(N)Cc1ccc(O)cc1)C(=O)NCC=O. The standard InChI is InChI=1S/C17H26N6O4/c18-13(10-11-3-5-12(25)6-4-11)15(26)23-14(16(27)21-8-9-24)2-1-7-22-17(19)20/h3-6,9,13-14,25H,1-2,7-8,10,18H2,(H,21,27)(H,23,26)(H4,19,20,22). The van der Waals surface area contributed by atoms with E-state index in [2.05, 4.69) is 15.6 Å². The molecule has 9 N–H and O–H groups in total. The van der Waals surface area contributed by atoms with E-state index >= 15 is 0 Å². The molecule has 0 saturated carbocycles. The highest BCUT2D eigenvalue weighted by Crippen LogP contribution is 2.11. The second-order valence-corrected chi connectivity index (χ2v) is 5.90. The number of amides is 2. The van der Waals surface area contributed by atoms with Gasteiger partial charge in [0.15, 0.2) is 5.96 Å². The molecular weight excluding hydrogens is 352 g/mol. The lowest BCUT2D eigenvalue weighted by Gasteiger charge is -2.20. The zero-order valence-electron chi connectivity index (χ0n) is 14.9. The van der Waals surface area contributed by atoms with E-state index in [0.29, 0.717) is 19.3 Å². The average Bonchev–Trinajstić information content (AvgIpc) is 2.63. The Labute approximate surface area is 157 Å². The van der Waals surface area contributed by atoms with Crippen LogP contribution < -0.4 is 27.8 Å². The molecule has 0 aliphatic heterocycles. The highest BCUT2D eigenvalue weighted by Gasteiger charge is 2.23. The van der Waals surface area contributed by atoms with Crippen molar-refractivity contribution in [2.75, 3.05) is 13.1 Å². The molecule has 10 nitrogen and oxygen atoms in total. The normalized spacial score (nSPS) is 12.5. The van der Waals surface area contributed by atoms with Crippen LogP contribution in [0.1, 0.15) is 18.4 Å². The molecule has 0 heterocycles. The number of phenolic OH excluding ortho intramolecular Hbond substituents is 1. The van der Waals surface area contributed by atoms with Crippen LogP contribution in [0.5, 0.6) is 5.75 Å². The summed E-state index contributed by atoms with van der Waals surface area (Å²) in [5, 5.41) is 14.3. The summed E-state index contributed by atoms with van der Waals surface area (Å²) in [5.74, 6) is -0.936. The lowest BCUT2D eigenvalue weighted by Crippen LogP contribution is -2.52. The minimum atomic E-state index is -0.881. The number of rotatable bonds is 11. The Morgan fingerprint density at radius 1 is 1.19 bits per heavy atom. The molecule has 27 heavy (non-hydrogen) atoms. The van der Waals surface area contributed by atoms with Crippen LogP contribution in [0.15, 0.2) is 29.3 Å². The topological polar surface area (TPSA) is 186 Å². The first-order chi connectivity index (χ1) is 12.8. The summed E-state index contributed by atoms with van der Waals surface area (Å²) < 4.78 is 0. The molecule has 0 aromatic heterocycles. The number of hydrogen-bond donors (Lipinski definition) is 6. The number of hydrogen-bond acceptors (Lipinski definition) is 6. The van der Waals surface area contributed by atoms with Crippen molar-refractivity contribution < 1.29 is 19.5 Å². The summed E-state index contributed by atoms with van der Waals surface area (Å²) in [6, 6.07) is 4.57.